The molecule has 0 aliphatic rings. The minimum atomic E-state index is -0.568. The Morgan fingerprint density at radius 1 is 1.13 bits per heavy atom. The lowest BCUT2D eigenvalue weighted by Crippen LogP contribution is -2.13. The molecule has 1 amide bonds. The molecule has 0 unspecified atom stereocenters. The second kappa shape index (κ2) is 10.3. The zero-order valence-electron chi connectivity index (χ0n) is 16.1. The number of halogens is 3. The van der Waals surface area contributed by atoms with Crippen LogP contribution in [0, 0.1) is 11.3 Å². The predicted octanol–water partition coefficient (Wildman–Crippen LogP) is 6.37. The van der Waals surface area contributed by atoms with Crippen molar-refractivity contribution in [1.29, 1.82) is 5.26 Å². The zero-order valence-corrected chi connectivity index (χ0v) is 18.4. The Labute approximate surface area is 193 Å². The Morgan fingerprint density at radius 3 is 2.42 bits per heavy atom. The Kier molecular flexibility index (Phi) is 7.48. The molecular formula is C22H15Cl3N2O4. The molecule has 1 heterocycles. The van der Waals surface area contributed by atoms with Gasteiger partial charge in [-0.15, -0.1) is 0 Å². The molecule has 0 aliphatic heterocycles. The first kappa shape index (κ1) is 22.6. The Morgan fingerprint density at radius 2 is 1.81 bits per heavy atom. The summed E-state index contributed by atoms with van der Waals surface area (Å²) in [5, 5.41) is 12.9. The van der Waals surface area contributed by atoms with Crippen molar-refractivity contribution in [1.82, 2.24) is 0 Å². The van der Waals surface area contributed by atoms with Crippen molar-refractivity contribution in [3.8, 4) is 17.6 Å². The maximum absolute atomic E-state index is 12.4. The van der Waals surface area contributed by atoms with Gasteiger partial charge in [-0.25, -0.2) is 0 Å². The molecule has 9 heteroatoms. The van der Waals surface area contributed by atoms with Crippen LogP contribution in [0.15, 0.2) is 58.5 Å². The van der Waals surface area contributed by atoms with Gasteiger partial charge in [0.1, 0.15) is 35.5 Å². The maximum Gasteiger partial charge on any atom is 0.266 e. The number of anilines is 1. The van der Waals surface area contributed by atoms with E-state index in [4.69, 9.17) is 48.7 Å². The Balaban J connectivity index is 1.67. The minimum absolute atomic E-state index is 0.0366. The number of benzene rings is 2. The van der Waals surface area contributed by atoms with Gasteiger partial charge in [-0.1, -0.05) is 34.8 Å². The van der Waals surface area contributed by atoms with Gasteiger partial charge in [-0.2, -0.15) is 5.26 Å². The largest absolute Gasteiger partial charge is 0.497 e. The number of rotatable bonds is 7. The second-order valence-corrected chi connectivity index (χ2v) is 7.39. The summed E-state index contributed by atoms with van der Waals surface area (Å²) >= 11 is 18.1. The van der Waals surface area contributed by atoms with Crippen molar-refractivity contribution >= 4 is 52.5 Å². The van der Waals surface area contributed by atoms with E-state index in [2.05, 4.69) is 5.32 Å². The summed E-state index contributed by atoms with van der Waals surface area (Å²) in [4.78, 5) is 12.4. The van der Waals surface area contributed by atoms with Crippen LogP contribution in [-0.4, -0.2) is 13.0 Å². The van der Waals surface area contributed by atoms with Gasteiger partial charge in [-0.3, -0.25) is 4.79 Å². The van der Waals surface area contributed by atoms with Gasteiger partial charge in [0.2, 0.25) is 0 Å². The smallest absolute Gasteiger partial charge is 0.266 e. The van der Waals surface area contributed by atoms with Gasteiger partial charge in [0.15, 0.2) is 5.75 Å². The molecule has 0 radical (unpaired) electrons. The van der Waals surface area contributed by atoms with E-state index in [9.17, 15) is 10.1 Å². The summed E-state index contributed by atoms with van der Waals surface area (Å²) in [6.45, 7) is 0.0366. The molecule has 0 bridgehead atoms. The third-order valence-electron chi connectivity index (χ3n) is 4.00. The number of nitrogens with zero attached hydrogens (tertiary/aromatic N) is 1. The number of carbonyl (C=O) groups is 1. The normalized spacial score (nSPS) is 11.0. The van der Waals surface area contributed by atoms with Crippen LogP contribution in [0.3, 0.4) is 0 Å². The first-order valence-corrected chi connectivity index (χ1v) is 9.96. The van der Waals surface area contributed by atoms with Gasteiger partial charge < -0.3 is 19.2 Å². The number of nitriles is 1. The van der Waals surface area contributed by atoms with E-state index in [0.29, 0.717) is 28.0 Å². The van der Waals surface area contributed by atoms with E-state index in [1.807, 2.05) is 6.07 Å². The number of hydrogen-bond acceptors (Lipinski definition) is 5. The van der Waals surface area contributed by atoms with Crippen molar-refractivity contribution in [3.63, 3.8) is 0 Å². The van der Waals surface area contributed by atoms with Crippen molar-refractivity contribution in [3.05, 3.63) is 80.7 Å². The molecule has 1 N–H and O–H groups in total. The number of carbonyl (C=O) groups excluding carboxylic acids is 1. The van der Waals surface area contributed by atoms with Gasteiger partial charge in [-0.05, 0) is 48.5 Å². The molecule has 0 saturated heterocycles. The summed E-state index contributed by atoms with van der Waals surface area (Å²) in [5.41, 5.74) is 0.402. The molecule has 1 aromatic heterocycles. The van der Waals surface area contributed by atoms with Crippen molar-refractivity contribution in [2.75, 3.05) is 12.4 Å². The lowest BCUT2D eigenvalue weighted by molar-refractivity contribution is -0.112. The number of hydrogen-bond donors (Lipinski definition) is 1. The first-order chi connectivity index (χ1) is 14.9. The number of amides is 1. The van der Waals surface area contributed by atoms with Crippen molar-refractivity contribution < 1.29 is 18.7 Å². The molecule has 6 nitrogen and oxygen atoms in total. The quantitative estimate of drug-likeness (QED) is 0.315. The molecule has 3 aromatic rings. The highest BCUT2D eigenvalue weighted by Crippen LogP contribution is 2.36. The molecule has 0 fully saturated rings. The summed E-state index contributed by atoms with van der Waals surface area (Å²) in [7, 11) is 1.55. The van der Waals surface area contributed by atoms with Crippen LogP contribution < -0.4 is 14.8 Å². The highest BCUT2D eigenvalue weighted by Gasteiger charge is 2.13. The predicted molar refractivity (Wildman–Crippen MR) is 120 cm³/mol. The fourth-order valence-corrected chi connectivity index (χ4v) is 3.45. The van der Waals surface area contributed by atoms with Gasteiger partial charge >= 0.3 is 0 Å². The van der Waals surface area contributed by atoms with E-state index in [0.717, 1.165) is 0 Å². The average molecular weight is 478 g/mol. The van der Waals surface area contributed by atoms with Gasteiger partial charge in [0.05, 0.1) is 17.2 Å². The molecule has 0 saturated carbocycles. The Bertz CT molecular complexity index is 1140. The topological polar surface area (TPSA) is 84.5 Å². The van der Waals surface area contributed by atoms with Crippen LogP contribution >= 0.6 is 34.8 Å². The second-order valence-electron chi connectivity index (χ2n) is 6.14. The number of ether oxygens (including phenoxy) is 2. The molecule has 0 atom stereocenters. The molecule has 0 spiro atoms. The fourth-order valence-electron chi connectivity index (χ4n) is 2.52. The maximum atomic E-state index is 12.4. The number of furan rings is 1. The molecule has 0 aliphatic carbocycles. The van der Waals surface area contributed by atoms with Crippen LogP contribution in [0.4, 0.5) is 5.69 Å². The third-order valence-corrected chi connectivity index (χ3v) is 4.78. The molecule has 2 aromatic carbocycles. The summed E-state index contributed by atoms with van der Waals surface area (Å²) in [6.07, 6.45) is 1.34. The van der Waals surface area contributed by atoms with Crippen LogP contribution in [0.25, 0.3) is 6.08 Å². The van der Waals surface area contributed by atoms with E-state index in [1.165, 1.54) is 18.2 Å². The van der Waals surface area contributed by atoms with Crippen molar-refractivity contribution in [2.45, 2.75) is 6.61 Å². The minimum Gasteiger partial charge on any atom is -0.497 e. The SMILES string of the molecule is COc1ccc(NC(=O)/C(C#N)=C/c2ccc(COc3c(Cl)cc(Cl)cc3Cl)o2)cc1. The summed E-state index contributed by atoms with van der Waals surface area (Å²) in [6, 6.07) is 14.9. The van der Waals surface area contributed by atoms with Gasteiger partial charge in [0, 0.05) is 16.8 Å². The molecular weight excluding hydrogens is 463 g/mol. The highest BCUT2D eigenvalue weighted by molar-refractivity contribution is 6.40. The van der Waals surface area contributed by atoms with Crippen LogP contribution in [0.5, 0.6) is 11.5 Å². The Hall–Kier alpha value is -3.11. The van der Waals surface area contributed by atoms with E-state index in [1.54, 1.807) is 43.5 Å². The average Bonchev–Trinajstić information content (AvgIpc) is 3.19. The third kappa shape index (κ3) is 5.96. The van der Waals surface area contributed by atoms with E-state index < -0.39 is 5.91 Å². The first-order valence-electron chi connectivity index (χ1n) is 8.83. The monoisotopic (exact) mass is 476 g/mol. The zero-order chi connectivity index (χ0) is 22.4. The summed E-state index contributed by atoms with van der Waals surface area (Å²) < 4.78 is 16.3. The number of nitrogens with one attached hydrogen (secondary N) is 1. The standard InChI is InChI=1S/C22H15Cl3N2O4/c1-29-16-4-2-15(3-5-16)27-22(28)13(11-26)8-17-6-7-18(31-17)12-30-21-19(24)9-14(23)10-20(21)25/h2-10H,12H2,1H3,(H,27,28)/b13-8+. The van der Waals surface area contributed by atoms with Crippen molar-refractivity contribution in [2.24, 2.45) is 0 Å². The van der Waals surface area contributed by atoms with Gasteiger partial charge in [0.25, 0.3) is 5.91 Å². The fraction of sp³-hybridized carbons (Fsp3) is 0.0909. The van der Waals surface area contributed by atoms with Crippen LogP contribution in [0.1, 0.15) is 11.5 Å². The van der Waals surface area contributed by atoms with E-state index >= 15 is 0 Å². The lowest BCUT2D eigenvalue weighted by atomic mass is 10.2. The van der Waals surface area contributed by atoms with E-state index in [-0.39, 0.29) is 28.0 Å². The van der Waals surface area contributed by atoms with Crippen LogP contribution in [-0.2, 0) is 11.4 Å². The number of methoxy groups -OCH3 is 1. The summed E-state index contributed by atoms with van der Waals surface area (Å²) in [5.74, 6) is 1.12. The van der Waals surface area contributed by atoms with Crippen LogP contribution in [0.2, 0.25) is 15.1 Å². The highest BCUT2D eigenvalue weighted by atomic mass is 35.5. The molecule has 3 rings (SSSR count). The molecule has 31 heavy (non-hydrogen) atoms. The lowest BCUT2D eigenvalue weighted by Gasteiger charge is -2.09. The molecule has 158 valence electrons.